The number of nitro groups is 1. The summed E-state index contributed by atoms with van der Waals surface area (Å²) >= 11 is 1.27. The second kappa shape index (κ2) is 7.39. The maximum Gasteiger partial charge on any atom is 0.491 e. The fourth-order valence-corrected chi connectivity index (χ4v) is 2.79. The minimum absolute atomic E-state index is 0.166. The smallest absolute Gasteiger partial charge is 0.429 e. The third kappa shape index (κ3) is 4.75. The Balaban J connectivity index is 2.28. The third-order valence-electron chi connectivity index (χ3n) is 2.96. The normalized spacial score (nSPS) is 18.6. The molecule has 10 heteroatoms. The number of carbonyl (C=O) groups is 1. The van der Waals surface area contributed by atoms with E-state index in [2.05, 4.69) is 9.73 Å². The van der Waals surface area contributed by atoms with E-state index in [0.717, 1.165) is 6.08 Å². The number of esters is 1. The Bertz CT molecular complexity index is 695. The van der Waals surface area contributed by atoms with Crippen molar-refractivity contribution in [2.75, 3.05) is 6.54 Å². The van der Waals surface area contributed by atoms with E-state index >= 15 is 0 Å². The quantitative estimate of drug-likeness (QED) is 0.459. The van der Waals surface area contributed by atoms with Gasteiger partial charge in [-0.1, -0.05) is 18.2 Å². The lowest BCUT2D eigenvalue weighted by molar-refractivity contribution is -0.480. The number of halogens is 3. The summed E-state index contributed by atoms with van der Waals surface area (Å²) in [5.74, 6) is -3.12. The van der Waals surface area contributed by atoms with Crippen LogP contribution in [0.3, 0.4) is 0 Å². The fourth-order valence-electron chi connectivity index (χ4n) is 1.96. The molecule has 1 aliphatic rings. The number of nitrogens with zero attached hydrogens (tertiary/aromatic N) is 2. The van der Waals surface area contributed by atoms with E-state index in [9.17, 15) is 28.1 Å². The standard InChI is InChI=1S/C14H11F3N2O4S/c15-14(16,17)13(20)23-12-6-2-1-4-10(18-12)9(8-19(21)22)11-5-3-7-24-11/h1-7,9,12H,8H2. The molecule has 0 radical (unpaired) electrons. The van der Waals surface area contributed by atoms with Gasteiger partial charge < -0.3 is 4.74 Å². The number of hydrogen-bond donors (Lipinski definition) is 0. The molecular formula is C14H11F3N2O4S. The zero-order valence-electron chi connectivity index (χ0n) is 12.0. The van der Waals surface area contributed by atoms with Crippen LogP contribution in [-0.2, 0) is 9.53 Å². The van der Waals surface area contributed by atoms with Gasteiger partial charge in [0.2, 0.25) is 12.8 Å². The Kier molecular flexibility index (Phi) is 5.50. The van der Waals surface area contributed by atoms with Crippen molar-refractivity contribution in [3.05, 3.63) is 56.8 Å². The van der Waals surface area contributed by atoms with E-state index in [1.807, 2.05) is 0 Å². The van der Waals surface area contributed by atoms with Crippen LogP contribution >= 0.6 is 11.3 Å². The first-order valence-electron chi connectivity index (χ1n) is 6.63. The van der Waals surface area contributed by atoms with Crippen LogP contribution in [-0.4, -0.2) is 35.6 Å². The summed E-state index contributed by atoms with van der Waals surface area (Å²) in [5.41, 5.74) is 0.166. The molecule has 1 aromatic heterocycles. The summed E-state index contributed by atoms with van der Waals surface area (Å²) < 4.78 is 41.2. The van der Waals surface area contributed by atoms with Crippen LogP contribution in [0.15, 0.2) is 46.8 Å². The highest BCUT2D eigenvalue weighted by Gasteiger charge is 2.42. The monoisotopic (exact) mass is 360 g/mol. The molecule has 128 valence electrons. The number of rotatable bonds is 5. The zero-order chi connectivity index (χ0) is 17.7. The minimum Gasteiger partial charge on any atom is -0.429 e. The Morgan fingerprint density at radius 2 is 2.21 bits per heavy atom. The van der Waals surface area contributed by atoms with Crippen LogP contribution in [0.1, 0.15) is 10.8 Å². The topological polar surface area (TPSA) is 81.8 Å². The van der Waals surface area contributed by atoms with E-state index in [1.54, 1.807) is 17.5 Å². The van der Waals surface area contributed by atoms with Gasteiger partial charge in [0.05, 0.1) is 11.6 Å². The van der Waals surface area contributed by atoms with Gasteiger partial charge in [-0.3, -0.25) is 10.1 Å². The maximum atomic E-state index is 12.3. The largest absolute Gasteiger partial charge is 0.491 e. The van der Waals surface area contributed by atoms with Crippen LogP contribution in [0.2, 0.25) is 0 Å². The maximum absolute atomic E-state index is 12.3. The van der Waals surface area contributed by atoms with Crippen molar-refractivity contribution in [1.82, 2.24) is 0 Å². The van der Waals surface area contributed by atoms with Crippen LogP contribution in [0.5, 0.6) is 0 Å². The molecule has 6 nitrogen and oxygen atoms in total. The molecule has 1 aromatic rings. The number of aliphatic imine (C=N–C) groups is 1. The summed E-state index contributed by atoms with van der Waals surface area (Å²) in [6.07, 6.45) is -1.20. The van der Waals surface area contributed by atoms with Gasteiger partial charge in [0.15, 0.2) is 0 Å². The summed E-state index contributed by atoms with van der Waals surface area (Å²) in [6.45, 7) is -0.483. The van der Waals surface area contributed by atoms with Crippen molar-refractivity contribution >= 4 is 23.0 Å². The van der Waals surface area contributed by atoms with E-state index in [-0.39, 0.29) is 5.71 Å². The Morgan fingerprint density at radius 1 is 1.46 bits per heavy atom. The molecular weight excluding hydrogens is 349 g/mol. The molecule has 0 fully saturated rings. The van der Waals surface area contributed by atoms with Gasteiger partial charge in [0.25, 0.3) is 0 Å². The third-order valence-corrected chi connectivity index (χ3v) is 3.95. The van der Waals surface area contributed by atoms with Crippen molar-refractivity contribution in [3.8, 4) is 0 Å². The molecule has 2 rings (SSSR count). The van der Waals surface area contributed by atoms with Crippen molar-refractivity contribution in [2.24, 2.45) is 4.99 Å². The molecule has 2 heterocycles. The van der Waals surface area contributed by atoms with Crippen LogP contribution in [0.25, 0.3) is 0 Å². The molecule has 0 aromatic carbocycles. The number of allylic oxidation sites excluding steroid dienone is 3. The second-order valence-electron chi connectivity index (χ2n) is 4.67. The first-order valence-corrected chi connectivity index (χ1v) is 7.51. The SMILES string of the molecule is O=C(OC1C=CC=CC(C(C[N+](=O)[O-])c2cccs2)=N1)C(F)(F)F. The van der Waals surface area contributed by atoms with Gasteiger partial charge in [-0.25, -0.2) is 9.79 Å². The summed E-state index contributed by atoms with van der Waals surface area (Å²) in [7, 11) is 0. The number of hydrogen-bond acceptors (Lipinski definition) is 6. The predicted octanol–water partition coefficient (Wildman–Crippen LogP) is 3.11. The fraction of sp³-hybridized carbons (Fsp3) is 0.286. The van der Waals surface area contributed by atoms with Crippen molar-refractivity contribution < 1.29 is 27.6 Å². The number of thiophene rings is 1. The predicted molar refractivity (Wildman–Crippen MR) is 80.6 cm³/mol. The molecule has 24 heavy (non-hydrogen) atoms. The highest BCUT2D eigenvalue weighted by Crippen LogP contribution is 2.26. The first-order chi connectivity index (χ1) is 11.3. The van der Waals surface area contributed by atoms with Crippen LogP contribution in [0.4, 0.5) is 13.2 Å². The Morgan fingerprint density at radius 3 is 2.79 bits per heavy atom. The lowest BCUT2D eigenvalue weighted by Gasteiger charge is -2.15. The summed E-state index contributed by atoms with van der Waals surface area (Å²) in [4.78, 5) is 25.9. The Hall–Kier alpha value is -2.49. The molecule has 0 bridgehead atoms. The van der Waals surface area contributed by atoms with Gasteiger partial charge in [-0.2, -0.15) is 13.2 Å². The number of carbonyl (C=O) groups excluding carboxylic acids is 1. The van der Waals surface area contributed by atoms with Crippen molar-refractivity contribution in [1.29, 1.82) is 0 Å². The Labute approximate surface area is 138 Å². The van der Waals surface area contributed by atoms with E-state index in [4.69, 9.17) is 0 Å². The molecule has 2 atom stereocenters. The van der Waals surface area contributed by atoms with Crippen molar-refractivity contribution in [3.63, 3.8) is 0 Å². The van der Waals surface area contributed by atoms with Gasteiger partial charge in [0, 0.05) is 9.80 Å². The molecule has 0 spiro atoms. The van der Waals surface area contributed by atoms with Gasteiger partial charge >= 0.3 is 12.1 Å². The molecule has 0 N–H and O–H groups in total. The van der Waals surface area contributed by atoms with Crippen LogP contribution < -0.4 is 0 Å². The lowest BCUT2D eigenvalue weighted by Crippen LogP contribution is -2.29. The molecule has 0 saturated heterocycles. The molecule has 2 unspecified atom stereocenters. The number of ether oxygens (including phenoxy) is 1. The van der Waals surface area contributed by atoms with E-state index < -0.39 is 35.8 Å². The molecule has 1 aliphatic heterocycles. The first kappa shape index (κ1) is 17.9. The van der Waals surface area contributed by atoms with Gasteiger partial charge in [-0.05, 0) is 23.6 Å². The zero-order valence-corrected chi connectivity index (χ0v) is 12.8. The minimum atomic E-state index is -5.14. The second-order valence-corrected chi connectivity index (χ2v) is 5.65. The lowest BCUT2D eigenvalue weighted by atomic mass is 10.0. The van der Waals surface area contributed by atoms with E-state index in [1.165, 1.54) is 29.6 Å². The molecule has 0 aliphatic carbocycles. The highest BCUT2D eigenvalue weighted by molar-refractivity contribution is 7.10. The van der Waals surface area contributed by atoms with Crippen molar-refractivity contribution in [2.45, 2.75) is 18.3 Å². The molecule has 0 amide bonds. The van der Waals surface area contributed by atoms with Crippen LogP contribution in [0, 0.1) is 10.1 Å². The average Bonchev–Trinajstić information content (AvgIpc) is 2.91. The summed E-state index contributed by atoms with van der Waals surface area (Å²) in [6, 6.07) is 3.37. The highest BCUT2D eigenvalue weighted by atomic mass is 32.1. The average molecular weight is 360 g/mol. The van der Waals surface area contributed by atoms with Gasteiger partial charge in [-0.15, -0.1) is 11.3 Å². The van der Waals surface area contributed by atoms with E-state index in [0.29, 0.717) is 4.88 Å². The number of alkyl halides is 3. The summed E-state index contributed by atoms with van der Waals surface area (Å²) in [5, 5.41) is 12.6. The van der Waals surface area contributed by atoms with Gasteiger partial charge in [0.1, 0.15) is 0 Å². The molecule has 0 saturated carbocycles.